The summed E-state index contributed by atoms with van der Waals surface area (Å²) in [4.78, 5) is 26.3. The summed E-state index contributed by atoms with van der Waals surface area (Å²) in [7, 11) is -3.27. The number of piperidine rings is 1. The molecule has 0 bridgehead atoms. The van der Waals surface area contributed by atoms with Crippen LogP contribution in [-0.2, 0) is 14.6 Å². The minimum atomic E-state index is -3.27. The first kappa shape index (κ1) is 21.2. The average Bonchev–Trinajstić information content (AvgIpc) is 2.58. The smallest absolute Gasteiger partial charge is 0.407 e. The minimum Gasteiger partial charge on any atom is -0.444 e. The Balaban J connectivity index is 1.83. The summed E-state index contributed by atoms with van der Waals surface area (Å²) in [6.07, 6.45) is 2.30. The molecule has 0 spiro atoms. The van der Waals surface area contributed by atoms with Crippen molar-refractivity contribution in [1.82, 2.24) is 10.2 Å². The maximum atomic E-state index is 12.6. The Kier molecular flexibility index (Phi) is 6.51. The molecule has 2 rings (SSSR count). The first-order valence-corrected chi connectivity index (χ1v) is 10.9. The fourth-order valence-corrected chi connectivity index (χ4v) is 3.54. The van der Waals surface area contributed by atoms with Crippen molar-refractivity contribution in [2.75, 3.05) is 25.9 Å². The lowest BCUT2D eigenvalue weighted by Crippen LogP contribution is -2.42. The van der Waals surface area contributed by atoms with E-state index in [1.807, 2.05) is 20.8 Å². The van der Waals surface area contributed by atoms with Crippen LogP contribution in [0.25, 0.3) is 0 Å². The number of nitrogens with zero attached hydrogens (tertiary/aromatic N) is 1. The zero-order chi connectivity index (χ0) is 20.2. The molecule has 8 heteroatoms. The number of ether oxygens (including phenoxy) is 1. The fraction of sp³-hybridized carbons (Fsp3) is 0.579. The predicted octanol–water partition coefficient (Wildman–Crippen LogP) is 2.47. The van der Waals surface area contributed by atoms with Gasteiger partial charge in [-0.05, 0) is 63.8 Å². The lowest BCUT2D eigenvalue weighted by Gasteiger charge is -2.32. The normalized spacial score (nSPS) is 16.1. The van der Waals surface area contributed by atoms with Gasteiger partial charge in [0.1, 0.15) is 5.60 Å². The van der Waals surface area contributed by atoms with Crippen molar-refractivity contribution in [1.29, 1.82) is 0 Å². The number of sulfone groups is 1. The van der Waals surface area contributed by atoms with E-state index in [2.05, 4.69) is 5.32 Å². The third kappa shape index (κ3) is 6.53. The Morgan fingerprint density at radius 1 is 1.15 bits per heavy atom. The second-order valence-corrected chi connectivity index (χ2v) is 9.93. The maximum Gasteiger partial charge on any atom is 0.407 e. The molecule has 150 valence electrons. The quantitative estimate of drug-likeness (QED) is 0.844. The van der Waals surface area contributed by atoms with Crippen molar-refractivity contribution >= 4 is 21.8 Å². The Labute approximate surface area is 161 Å². The zero-order valence-corrected chi connectivity index (χ0v) is 17.1. The number of nitrogens with one attached hydrogen (secondary N) is 1. The van der Waals surface area contributed by atoms with Crippen LogP contribution in [0.4, 0.5) is 4.79 Å². The van der Waals surface area contributed by atoms with Crippen LogP contribution >= 0.6 is 0 Å². The van der Waals surface area contributed by atoms with E-state index in [0.29, 0.717) is 31.1 Å². The van der Waals surface area contributed by atoms with Crippen LogP contribution in [0.1, 0.15) is 44.0 Å². The first-order valence-electron chi connectivity index (χ1n) is 9.02. The van der Waals surface area contributed by atoms with E-state index in [-0.39, 0.29) is 10.8 Å². The highest BCUT2D eigenvalue weighted by Crippen LogP contribution is 2.19. The van der Waals surface area contributed by atoms with Gasteiger partial charge in [-0.3, -0.25) is 4.79 Å². The molecule has 0 saturated carbocycles. The van der Waals surface area contributed by atoms with Crippen molar-refractivity contribution in [3.63, 3.8) is 0 Å². The predicted molar refractivity (Wildman–Crippen MR) is 102 cm³/mol. The minimum absolute atomic E-state index is 0.103. The highest BCUT2D eigenvalue weighted by atomic mass is 32.2. The van der Waals surface area contributed by atoms with Crippen molar-refractivity contribution in [2.24, 2.45) is 5.92 Å². The van der Waals surface area contributed by atoms with E-state index in [9.17, 15) is 18.0 Å². The van der Waals surface area contributed by atoms with Gasteiger partial charge in [0.25, 0.3) is 5.91 Å². The van der Waals surface area contributed by atoms with Gasteiger partial charge in [0.05, 0.1) is 4.90 Å². The van der Waals surface area contributed by atoms with Crippen LogP contribution in [0.2, 0.25) is 0 Å². The van der Waals surface area contributed by atoms with Crippen molar-refractivity contribution in [3.8, 4) is 0 Å². The summed E-state index contributed by atoms with van der Waals surface area (Å²) in [6, 6.07) is 6.02. The number of carbonyl (C=O) groups excluding carboxylic acids is 2. The topological polar surface area (TPSA) is 92.8 Å². The Hall–Kier alpha value is -2.09. The van der Waals surface area contributed by atoms with Crippen molar-refractivity contribution in [2.45, 2.75) is 44.1 Å². The lowest BCUT2D eigenvalue weighted by atomic mass is 9.96. The average molecular weight is 397 g/mol. The van der Waals surface area contributed by atoms with Gasteiger partial charge in [-0.15, -0.1) is 0 Å². The summed E-state index contributed by atoms with van der Waals surface area (Å²) < 4.78 is 28.2. The number of hydrogen-bond acceptors (Lipinski definition) is 5. The van der Waals surface area contributed by atoms with Gasteiger partial charge in [-0.25, -0.2) is 13.2 Å². The van der Waals surface area contributed by atoms with Crippen LogP contribution in [0.5, 0.6) is 0 Å². The highest BCUT2D eigenvalue weighted by Gasteiger charge is 2.25. The number of alkyl carbamates (subject to hydrolysis) is 1. The molecule has 2 amide bonds. The molecule has 1 aliphatic heterocycles. The van der Waals surface area contributed by atoms with Gasteiger partial charge in [-0.2, -0.15) is 0 Å². The van der Waals surface area contributed by atoms with E-state index in [0.717, 1.165) is 19.1 Å². The molecule has 0 radical (unpaired) electrons. The van der Waals surface area contributed by atoms with Gasteiger partial charge in [0.15, 0.2) is 9.84 Å². The third-order valence-electron chi connectivity index (χ3n) is 4.37. The molecule has 1 fully saturated rings. The van der Waals surface area contributed by atoms with Gasteiger partial charge < -0.3 is 15.0 Å². The second kappa shape index (κ2) is 8.29. The van der Waals surface area contributed by atoms with Crippen LogP contribution in [0.3, 0.4) is 0 Å². The molecule has 27 heavy (non-hydrogen) atoms. The molecular formula is C19H28N2O5S. The van der Waals surface area contributed by atoms with Gasteiger partial charge in [0, 0.05) is 31.5 Å². The Morgan fingerprint density at radius 3 is 2.19 bits per heavy atom. The van der Waals surface area contributed by atoms with Crippen LogP contribution in [-0.4, -0.2) is 56.8 Å². The van der Waals surface area contributed by atoms with E-state index < -0.39 is 21.5 Å². The fourth-order valence-electron chi connectivity index (χ4n) is 2.91. The van der Waals surface area contributed by atoms with Gasteiger partial charge >= 0.3 is 6.09 Å². The summed E-state index contributed by atoms with van der Waals surface area (Å²) in [6.45, 7) is 7.19. The molecule has 1 aromatic carbocycles. The Bertz CT molecular complexity index is 773. The van der Waals surface area contributed by atoms with Gasteiger partial charge in [0.2, 0.25) is 0 Å². The van der Waals surface area contributed by atoms with E-state index >= 15 is 0 Å². The number of likely N-dealkylation sites (tertiary alicyclic amines) is 1. The molecule has 0 unspecified atom stereocenters. The zero-order valence-electron chi connectivity index (χ0n) is 16.3. The lowest BCUT2D eigenvalue weighted by molar-refractivity contribution is 0.0500. The highest BCUT2D eigenvalue weighted by molar-refractivity contribution is 7.90. The van der Waals surface area contributed by atoms with Crippen LogP contribution in [0, 0.1) is 5.92 Å². The molecule has 1 N–H and O–H groups in total. The Morgan fingerprint density at radius 2 is 1.70 bits per heavy atom. The standard InChI is InChI=1S/C19H28N2O5S/c1-19(2,3)26-18(23)20-13-14-9-11-21(12-10-14)17(22)15-5-7-16(8-6-15)27(4,24)25/h5-8,14H,9-13H2,1-4H3,(H,20,23). The van der Waals surface area contributed by atoms with Gasteiger partial charge in [-0.1, -0.05) is 0 Å². The monoisotopic (exact) mass is 396 g/mol. The van der Waals surface area contributed by atoms with Crippen LogP contribution < -0.4 is 5.32 Å². The maximum absolute atomic E-state index is 12.6. The van der Waals surface area contributed by atoms with E-state index in [1.54, 1.807) is 17.0 Å². The largest absolute Gasteiger partial charge is 0.444 e. The van der Waals surface area contributed by atoms with Crippen molar-refractivity contribution in [3.05, 3.63) is 29.8 Å². The third-order valence-corrected chi connectivity index (χ3v) is 5.49. The molecule has 1 aromatic rings. The molecule has 0 aromatic heterocycles. The summed E-state index contributed by atoms with van der Waals surface area (Å²) >= 11 is 0. The van der Waals surface area contributed by atoms with Crippen molar-refractivity contribution < 1.29 is 22.7 Å². The molecule has 7 nitrogen and oxygen atoms in total. The molecule has 0 aliphatic carbocycles. The summed E-state index contributed by atoms with van der Waals surface area (Å²) in [5.74, 6) is 0.197. The number of rotatable bonds is 4. The molecular weight excluding hydrogens is 368 g/mol. The second-order valence-electron chi connectivity index (χ2n) is 7.91. The number of amides is 2. The van der Waals surface area contributed by atoms with E-state index in [4.69, 9.17) is 4.74 Å². The van der Waals surface area contributed by atoms with E-state index in [1.165, 1.54) is 12.1 Å². The molecule has 1 aliphatic rings. The number of carbonyl (C=O) groups is 2. The number of hydrogen-bond donors (Lipinski definition) is 1. The molecule has 1 saturated heterocycles. The number of benzene rings is 1. The first-order chi connectivity index (χ1) is 12.5. The SMILES string of the molecule is CC(C)(C)OC(=O)NCC1CCN(C(=O)c2ccc(S(C)(=O)=O)cc2)CC1. The summed E-state index contributed by atoms with van der Waals surface area (Å²) in [5.41, 5.74) is -0.0419. The molecule has 1 heterocycles. The summed E-state index contributed by atoms with van der Waals surface area (Å²) in [5, 5.41) is 2.78. The molecule has 0 atom stereocenters. The van der Waals surface area contributed by atoms with Crippen LogP contribution in [0.15, 0.2) is 29.2 Å².